The first-order valence-electron chi connectivity index (χ1n) is 7.17. The molecule has 0 heterocycles. The molecule has 0 amide bonds. The second kappa shape index (κ2) is 7.87. The van der Waals surface area contributed by atoms with Crippen LogP contribution < -0.4 is 10.5 Å². The molecule has 0 aliphatic carbocycles. The maximum Gasteiger partial charge on any atom is 0.216 e. The summed E-state index contributed by atoms with van der Waals surface area (Å²) in [5.41, 5.74) is 6.94. The van der Waals surface area contributed by atoms with E-state index in [0.717, 1.165) is 12.8 Å². The first kappa shape index (κ1) is 18.1. The number of sulfonamides is 1. The monoisotopic (exact) mass is 328 g/mol. The molecule has 1 unspecified atom stereocenters. The minimum absolute atomic E-state index is 0.0616. The van der Waals surface area contributed by atoms with Crippen LogP contribution in [0.2, 0.25) is 0 Å². The Morgan fingerprint density at radius 2 is 1.95 bits per heavy atom. The van der Waals surface area contributed by atoms with E-state index in [1.165, 1.54) is 0 Å². The number of hydrogen-bond acceptors (Lipinski definition) is 3. The molecule has 1 rings (SSSR count). The molecule has 21 heavy (non-hydrogen) atoms. The number of thiocarbonyl (C=S) groups is 1. The Morgan fingerprint density at radius 1 is 1.33 bits per heavy atom. The summed E-state index contributed by atoms with van der Waals surface area (Å²) in [6, 6.07) is 6.97. The third-order valence-corrected chi connectivity index (χ3v) is 5.37. The lowest BCUT2D eigenvalue weighted by molar-refractivity contribution is 0.390. The van der Waals surface area contributed by atoms with Crippen LogP contribution in [0.4, 0.5) is 0 Å². The standard InChI is InChI=1S/C15H24N2O2S2/c1-4-13(5-2)11(3)17-21(18,19)10-12-7-6-8-14(9-12)15(16)20/h6-9,11,13,17H,4-5,10H2,1-3H3,(H2,16,20). The molecular weight excluding hydrogens is 304 g/mol. The molecule has 1 atom stereocenters. The van der Waals surface area contributed by atoms with Crippen LogP contribution in [0.15, 0.2) is 24.3 Å². The minimum atomic E-state index is -3.38. The maximum atomic E-state index is 12.3. The van der Waals surface area contributed by atoms with Crippen molar-refractivity contribution in [3.05, 3.63) is 35.4 Å². The van der Waals surface area contributed by atoms with Crippen LogP contribution in [-0.2, 0) is 15.8 Å². The topological polar surface area (TPSA) is 72.2 Å². The van der Waals surface area contributed by atoms with Crippen molar-refractivity contribution in [1.29, 1.82) is 0 Å². The number of nitrogens with two attached hydrogens (primary N) is 1. The van der Waals surface area contributed by atoms with Gasteiger partial charge in [-0.15, -0.1) is 0 Å². The van der Waals surface area contributed by atoms with Gasteiger partial charge in [-0.1, -0.05) is 57.1 Å². The van der Waals surface area contributed by atoms with Gasteiger partial charge in [0.05, 0.1) is 5.75 Å². The Morgan fingerprint density at radius 3 is 2.48 bits per heavy atom. The van der Waals surface area contributed by atoms with Crippen LogP contribution >= 0.6 is 12.2 Å². The van der Waals surface area contributed by atoms with E-state index >= 15 is 0 Å². The third kappa shape index (κ3) is 5.73. The van der Waals surface area contributed by atoms with Crippen LogP contribution in [-0.4, -0.2) is 19.4 Å². The van der Waals surface area contributed by atoms with E-state index in [1.54, 1.807) is 24.3 Å². The molecule has 0 bridgehead atoms. The minimum Gasteiger partial charge on any atom is -0.389 e. The molecule has 1 aromatic carbocycles. The molecule has 0 saturated heterocycles. The quantitative estimate of drug-likeness (QED) is 0.719. The average Bonchev–Trinajstić information content (AvgIpc) is 2.39. The molecule has 6 heteroatoms. The summed E-state index contributed by atoms with van der Waals surface area (Å²) >= 11 is 4.91. The van der Waals surface area contributed by atoms with E-state index in [1.807, 2.05) is 6.92 Å². The first-order chi connectivity index (χ1) is 9.79. The van der Waals surface area contributed by atoms with E-state index in [2.05, 4.69) is 18.6 Å². The van der Waals surface area contributed by atoms with Gasteiger partial charge in [-0.2, -0.15) is 0 Å². The molecule has 1 aromatic rings. The number of benzene rings is 1. The van der Waals surface area contributed by atoms with Gasteiger partial charge in [0.15, 0.2) is 0 Å². The summed E-state index contributed by atoms with van der Waals surface area (Å²) in [4.78, 5) is 0.271. The summed E-state index contributed by atoms with van der Waals surface area (Å²) in [7, 11) is -3.38. The van der Waals surface area contributed by atoms with Crippen LogP contribution in [0.1, 0.15) is 44.7 Å². The lowest BCUT2D eigenvalue weighted by Gasteiger charge is -2.22. The zero-order valence-electron chi connectivity index (χ0n) is 12.8. The summed E-state index contributed by atoms with van der Waals surface area (Å²) in [6.45, 7) is 6.07. The van der Waals surface area contributed by atoms with Gasteiger partial charge in [0.25, 0.3) is 0 Å². The highest BCUT2D eigenvalue weighted by Gasteiger charge is 2.20. The third-order valence-electron chi connectivity index (χ3n) is 3.69. The molecule has 0 spiro atoms. The lowest BCUT2D eigenvalue weighted by atomic mass is 9.96. The summed E-state index contributed by atoms with van der Waals surface area (Å²) < 4.78 is 27.3. The second-order valence-corrected chi connectivity index (χ2v) is 7.50. The van der Waals surface area contributed by atoms with Crippen molar-refractivity contribution in [2.45, 2.75) is 45.4 Å². The van der Waals surface area contributed by atoms with E-state index in [4.69, 9.17) is 18.0 Å². The highest BCUT2D eigenvalue weighted by atomic mass is 32.2. The Bertz CT molecular complexity index is 581. The second-order valence-electron chi connectivity index (χ2n) is 5.31. The van der Waals surface area contributed by atoms with Gasteiger partial charge in [-0.3, -0.25) is 0 Å². The fourth-order valence-electron chi connectivity index (χ4n) is 2.45. The van der Waals surface area contributed by atoms with Crippen LogP contribution in [0.3, 0.4) is 0 Å². The van der Waals surface area contributed by atoms with E-state index in [0.29, 0.717) is 17.0 Å². The average molecular weight is 329 g/mol. The number of hydrogen-bond donors (Lipinski definition) is 2. The number of rotatable bonds is 8. The zero-order valence-corrected chi connectivity index (χ0v) is 14.4. The van der Waals surface area contributed by atoms with Gasteiger partial charge in [0.2, 0.25) is 10.0 Å². The van der Waals surface area contributed by atoms with Crippen molar-refractivity contribution in [2.75, 3.05) is 0 Å². The van der Waals surface area contributed by atoms with Crippen LogP contribution in [0.25, 0.3) is 0 Å². The largest absolute Gasteiger partial charge is 0.389 e. The van der Waals surface area contributed by atoms with Gasteiger partial charge in [0.1, 0.15) is 4.99 Å². The SMILES string of the molecule is CCC(CC)C(C)NS(=O)(=O)Cc1cccc(C(N)=S)c1. The molecule has 0 aromatic heterocycles. The highest BCUT2D eigenvalue weighted by molar-refractivity contribution is 7.88. The predicted octanol–water partition coefficient (Wildman–Crippen LogP) is 2.56. The first-order valence-corrected chi connectivity index (χ1v) is 9.23. The summed E-state index contributed by atoms with van der Waals surface area (Å²) in [5, 5.41) is 0. The van der Waals surface area contributed by atoms with E-state index in [-0.39, 0.29) is 16.8 Å². The van der Waals surface area contributed by atoms with Crippen molar-refractivity contribution >= 4 is 27.2 Å². The number of nitrogens with one attached hydrogen (secondary N) is 1. The summed E-state index contributed by atoms with van der Waals surface area (Å²) in [5.74, 6) is 0.288. The Balaban J connectivity index is 2.81. The van der Waals surface area contributed by atoms with Gasteiger partial charge in [-0.25, -0.2) is 13.1 Å². The molecule has 0 radical (unpaired) electrons. The van der Waals surface area contributed by atoms with Gasteiger partial charge in [-0.05, 0) is 24.5 Å². The molecule has 0 saturated carbocycles. The zero-order chi connectivity index (χ0) is 16.0. The smallest absolute Gasteiger partial charge is 0.216 e. The van der Waals surface area contributed by atoms with Crippen LogP contribution in [0.5, 0.6) is 0 Å². The molecule has 0 aliphatic rings. The Kier molecular flexibility index (Phi) is 6.77. The predicted molar refractivity (Wildman–Crippen MR) is 91.6 cm³/mol. The van der Waals surface area contributed by atoms with Crippen molar-refractivity contribution in [3.8, 4) is 0 Å². The Hall–Kier alpha value is -0.980. The molecule has 0 fully saturated rings. The molecule has 3 N–H and O–H groups in total. The normalized spacial score (nSPS) is 13.3. The van der Waals surface area contributed by atoms with Gasteiger partial charge >= 0.3 is 0 Å². The van der Waals surface area contributed by atoms with Crippen molar-refractivity contribution in [3.63, 3.8) is 0 Å². The van der Waals surface area contributed by atoms with Crippen molar-refractivity contribution in [2.24, 2.45) is 11.7 Å². The fourth-order valence-corrected chi connectivity index (χ4v) is 4.04. The molecular formula is C15H24N2O2S2. The van der Waals surface area contributed by atoms with E-state index in [9.17, 15) is 8.42 Å². The maximum absolute atomic E-state index is 12.3. The van der Waals surface area contributed by atoms with Crippen molar-refractivity contribution in [1.82, 2.24) is 4.72 Å². The lowest BCUT2D eigenvalue weighted by Crippen LogP contribution is -2.38. The fraction of sp³-hybridized carbons (Fsp3) is 0.533. The Labute approximate surface area is 133 Å². The highest BCUT2D eigenvalue weighted by Crippen LogP contribution is 2.15. The van der Waals surface area contributed by atoms with Crippen LogP contribution in [0, 0.1) is 5.92 Å². The van der Waals surface area contributed by atoms with Gasteiger partial charge < -0.3 is 5.73 Å². The molecule has 118 valence electrons. The van der Waals surface area contributed by atoms with Gasteiger partial charge in [0, 0.05) is 11.6 Å². The summed E-state index contributed by atoms with van der Waals surface area (Å²) in [6.07, 6.45) is 1.91. The van der Waals surface area contributed by atoms with E-state index < -0.39 is 10.0 Å². The molecule has 0 aliphatic heterocycles. The molecule has 4 nitrogen and oxygen atoms in total. The van der Waals surface area contributed by atoms with Crippen molar-refractivity contribution < 1.29 is 8.42 Å².